The number of aromatic nitrogens is 2. The molecule has 0 aliphatic heterocycles. The first-order valence-corrected chi connectivity index (χ1v) is 8.05. The van der Waals surface area contributed by atoms with E-state index in [9.17, 15) is 0 Å². The lowest BCUT2D eigenvalue weighted by Gasteiger charge is -2.17. The van der Waals surface area contributed by atoms with Crippen LogP contribution in [0.1, 0.15) is 18.5 Å². The maximum absolute atomic E-state index is 6.29. The van der Waals surface area contributed by atoms with Crippen LogP contribution in [0.3, 0.4) is 0 Å². The second-order valence-electron chi connectivity index (χ2n) is 4.60. The van der Waals surface area contributed by atoms with Gasteiger partial charge in [0.25, 0.3) is 0 Å². The minimum absolute atomic E-state index is 0.0206. The number of halogens is 3. The van der Waals surface area contributed by atoms with Crippen molar-refractivity contribution in [2.24, 2.45) is 0 Å². The smallest absolute Gasteiger partial charge is 0.130 e. The molecule has 3 aromatic rings. The molecule has 2 aromatic carbocycles. The van der Waals surface area contributed by atoms with Crippen LogP contribution in [0, 0.1) is 0 Å². The summed E-state index contributed by atoms with van der Waals surface area (Å²) in [5.74, 6) is 0. The van der Waals surface area contributed by atoms with Gasteiger partial charge in [-0.2, -0.15) is 8.75 Å². The van der Waals surface area contributed by atoms with E-state index >= 15 is 0 Å². The highest BCUT2D eigenvalue weighted by Gasteiger charge is 2.16. The average molecular weight is 359 g/mol. The SMILES string of the molecule is CC(Nc1c(Cl)cc(Cl)c2nsnc12)c1cccc(Cl)c1. The number of nitrogens with one attached hydrogen (secondary N) is 1. The summed E-state index contributed by atoms with van der Waals surface area (Å²) < 4.78 is 8.47. The van der Waals surface area contributed by atoms with Crippen LogP contribution in [-0.4, -0.2) is 8.75 Å². The zero-order chi connectivity index (χ0) is 15.0. The van der Waals surface area contributed by atoms with Gasteiger partial charge in [0, 0.05) is 11.1 Å². The van der Waals surface area contributed by atoms with E-state index in [1.54, 1.807) is 6.07 Å². The lowest BCUT2D eigenvalue weighted by atomic mass is 10.1. The van der Waals surface area contributed by atoms with Gasteiger partial charge in [0.1, 0.15) is 11.0 Å². The Morgan fingerprint density at radius 1 is 1.05 bits per heavy atom. The molecule has 0 radical (unpaired) electrons. The van der Waals surface area contributed by atoms with Crippen LogP contribution in [0.4, 0.5) is 5.69 Å². The highest BCUT2D eigenvalue weighted by Crippen LogP contribution is 2.37. The Morgan fingerprint density at radius 3 is 2.57 bits per heavy atom. The van der Waals surface area contributed by atoms with Crippen molar-refractivity contribution in [1.29, 1.82) is 0 Å². The Balaban J connectivity index is 2.00. The van der Waals surface area contributed by atoms with E-state index in [1.165, 1.54) is 0 Å². The predicted molar refractivity (Wildman–Crippen MR) is 90.9 cm³/mol. The van der Waals surface area contributed by atoms with E-state index in [2.05, 4.69) is 14.1 Å². The molecule has 21 heavy (non-hydrogen) atoms. The Hall–Kier alpha value is -1.07. The molecule has 0 bridgehead atoms. The van der Waals surface area contributed by atoms with Gasteiger partial charge in [-0.1, -0.05) is 46.9 Å². The van der Waals surface area contributed by atoms with E-state index in [1.807, 2.05) is 31.2 Å². The molecule has 3 nitrogen and oxygen atoms in total. The van der Waals surface area contributed by atoms with E-state index in [4.69, 9.17) is 34.8 Å². The average Bonchev–Trinajstić information content (AvgIpc) is 2.93. The van der Waals surface area contributed by atoms with Gasteiger partial charge in [0.2, 0.25) is 0 Å². The minimum Gasteiger partial charge on any atom is -0.375 e. The van der Waals surface area contributed by atoms with Gasteiger partial charge in [-0.05, 0) is 30.7 Å². The summed E-state index contributed by atoms with van der Waals surface area (Å²) in [5, 5.41) is 5.09. The summed E-state index contributed by atoms with van der Waals surface area (Å²) in [6.45, 7) is 2.03. The number of hydrogen-bond acceptors (Lipinski definition) is 4. The molecule has 0 saturated carbocycles. The molecule has 0 aliphatic rings. The van der Waals surface area contributed by atoms with Crippen molar-refractivity contribution < 1.29 is 0 Å². The van der Waals surface area contributed by atoms with Crippen LogP contribution in [0.5, 0.6) is 0 Å². The second kappa shape index (κ2) is 5.97. The van der Waals surface area contributed by atoms with Crippen molar-refractivity contribution in [1.82, 2.24) is 8.75 Å². The molecular weight excluding hydrogens is 349 g/mol. The molecule has 0 amide bonds. The first-order valence-electron chi connectivity index (χ1n) is 6.18. The van der Waals surface area contributed by atoms with Gasteiger partial charge < -0.3 is 5.32 Å². The van der Waals surface area contributed by atoms with Crippen molar-refractivity contribution in [3.63, 3.8) is 0 Å². The maximum Gasteiger partial charge on any atom is 0.130 e. The zero-order valence-electron chi connectivity index (χ0n) is 10.9. The topological polar surface area (TPSA) is 37.8 Å². The zero-order valence-corrected chi connectivity index (χ0v) is 14.0. The van der Waals surface area contributed by atoms with Gasteiger partial charge in [0.15, 0.2) is 0 Å². The normalized spacial score (nSPS) is 12.6. The fourth-order valence-corrected chi connectivity index (χ4v) is 3.45. The summed E-state index contributed by atoms with van der Waals surface area (Å²) in [7, 11) is 0. The van der Waals surface area contributed by atoms with Crippen molar-refractivity contribution in [2.75, 3.05) is 5.32 Å². The minimum atomic E-state index is 0.0206. The third-order valence-electron chi connectivity index (χ3n) is 3.15. The molecule has 1 aromatic heterocycles. The Bertz CT molecular complexity index is 803. The molecule has 1 unspecified atom stereocenters. The molecule has 0 spiro atoms. The van der Waals surface area contributed by atoms with E-state index in [0.717, 1.165) is 23.0 Å². The van der Waals surface area contributed by atoms with Gasteiger partial charge in [-0.3, -0.25) is 0 Å². The number of rotatable bonds is 3. The number of nitrogens with zero attached hydrogens (tertiary/aromatic N) is 2. The summed E-state index contributed by atoms with van der Waals surface area (Å²) in [6.07, 6.45) is 0. The highest BCUT2D eigenvalue weighted by atomic mass is 35.5. The summed E-state index contributed by atoms with van der Waals surface area (Å²) in [6, 6.07) is 9.38. The van der Waals surface area contributed by atoms with Gasteiger partial charge in [-0.15, -0.1) is 0 Å². The van der Waals surface area contributed by atoms with Crippen LogP contribution in [0.25, 0.3) is 11.0 Å². The van der Waals surface area contributed by atoms with Crippen molar-refractivity contribution in [2.45, 2.75) is 13.0 Å². The van der Waals surface area contributed by atoms with E-state index < -0.39 is 0 Å². The van der Waals surface area contributed by atoms with Crippen LogP contribution in [0.15, 0.2) is 30.3 Å². The first kappa shape index (κ1) is 14.9. The third kappa shape index (κ3) is 2.94. The van der Waals surface area contributed by atoms with Crippen molar-refractivity contribution >= 4 is 63.3 Å². The molecule has 0 saturated heterocycles. The largest absolute Gasteiger partial charge is 0.375 e. The standard InChI is InChI=1S/C14H10Cl3N3S/c1-7(8-3-2-4-9(15)5-8)18-12-10(16)6-11(17)13-14(12)20-21-19-13/h2-7,18H,1H3. The first-order chi connectivity index (χ1) is 10.1. The number of fused-ring (bicyclic) bond motifs is 1. The van der Waals surface area contributed by atoms with Gasteiger partial charge in [0.05, 0.1) is 27.5 Å². The molecule has 1 atom stereocenters. The molecule has 1 N–H and O–H groups in total. The Labute approximate surface area is 141 Å². The Morgan fingerprint density at radius 2 is 1.81 bits per heavy atom. The second-order valence-corrected chi connectivity index (χ2v) is 6.38. The van der Waals surface area contributed by atoms with Gasteiger partial charge in [-0.25, -0.2) is 0 Å². The maximum atomic E-state index is 6.29. The molecule has 0 fully saturated rings. The molecule has 3 rings (SSSR count). The molecule has 108 valence electrons. The fourth-order valence-electron chi connectivity index (χ4n) is 2.09. The number of anilines is 1. The van der Waals surface area contributed by atoms with Crippen molar-refractivity contribution in [3.05, 3.63) is 51.0 Å². The molecule has 7 heteroatoms. The van der Waals surface area contributed by atoms with Crippen molar-refractivity contribution in [3.8, 4) is 0 Å². The lowest BCUT2D eigenvalue weighted by molar-refractivity contribution is 0.886. The third-order valence-corrected chi connectivity index (χ3v) is 4.50. The fraction of sp³-hybridized carbons (Fsp3) is 0.143. The summed E-state index contributed by atoms with van der Waals surface area (Å²) in [4.78, 5) is 0. The Kier molecular flexibility index (Phi) is 4.22. The van der Waals surface area contributed by atoms with E-state index in [0.29, 0.717) is 26.1 Å². The molecule has 1 heterocycles. The summed E-state index contributed by atoms with van der Waals surface area (Å²) >= 11 is 19.6. The van der Waals surface area contributed by atoms with Gasteiger partial charge >= 0.3 is 0 Å². The lowest BCUT2D eigenvalue weighted by Crippen LogP contribution is -2.07. The number of hydrogen-bond donors (Lipinski definition) is 1. The van der Waals surface area contributed by atoms with Crippen LogP contribution in [0.2, 0.25) is 15.1 Å². The number of benzene rings is 2. The monoisotopic (exact) mass is 357 g/mol. The molecule has 0 aliphatic carbocycles. The predicted octanol–water partition coefficient (Wildman–Crippen LogP) is 5.82. The molecular formula is C14H10Cl3N3S. The van der Waals surface area contributed by atoms with Crippen LogP contribution in [-0.2, 0) is 0 Å². The quantitative estimate of drug-likeness (QED) is 0.640. The highest BCUT2D eigenvalue weighted by molar-refractivity contribution is 7.00. The van der Waals surface area contributed by atoms with E-state index in [-0.39, 0.29) is 6.04 Å². The van der Waals surface area contributed by atoms with Crippen LogP contribution < -0.4 is 5.32 Å². The summed E-state index contributed by atoms with van der Waals surface area (Å²) in [5.41, 5.74) is 3.14. The van der Waals surface area contributed by atoms with Crippen LogP contribution >= 0.6 is 46.5 Å².